The van der Waals surface area contributed by atoms with Crippen LogP contribution in [0.25, 0.3) is 0 Å². The third-order valence-electron chi connectivity index (χ3n) is 1.57. The third-order valence-corrected chi connectivity index (χ3v) is 2.48. The van der Waals surface area contributed by atoms with Crippen molar-refractivity contribution in [2.24, 2.45) is 0 Å². The van der Waals surface area contributed by atoms with Gasteiger partial charge in [-0.25, -0.2) is 0 Å². The second-order valence-electron chi connectivity index (χ2n) is 2.76. The van der Waals surface area contributed by atoms with E-state index in [1.165, 1.54) is 31.4 Å². The van der Waals surface area contributed by atoms with Gasteiger partial charge in [0.05, 0.1) is 6.61 Å². The minimum atomic E-state index is 0.738. The van der Waals surface area contributed by atoms with Crippen molar-refractivity contribution in [1.29, 1.82) is 0 Å². The smallest absolute Gasteiger partial charge is 0.0651 e. The maximum absolute atomic E-state index is 4.89. The molecule has 0 N–H and O–H groups in total. The summed E-state index contributed by atoms with van der Waals surface area (Å²) in [5, 5.41) is 2.13. The van der Waals surface area contributed by atoms with E-state index in [0.717, 1.165) is 6.61 Å². The summed E-state index contributed by atoms with van der Waals surface area (Å²) >= 11 is 1.88. The van der Waals surface area contributed by atoms with E-state index in [1.54, 1.807) is 7.11 Å². The first-order valence-electron chi connectivity index (χ1n) is 4.67. The zero-order valence-electron chi connectivity index (χ0n) is 8.21. The Balaban J connectivity index is 2.90. The first-order valence-corrected chi connectivity index (χ1v) is 5.72. The molecular weight excluding hydrogens is 168 g/mol. The van der Waals surface area contributed by atoms with Crippen LogP contribution in [-0.4, -0.2) is 19.5 Å². The summed E-state index contributed by atoms with van der Waals surface area (Å²) in [6.07, 6.45) is 7.48. The van der Waals surface area contributed by atoms with Gasteiger partial charge in [0, 0.05) is 7.11 Å². The highest BCUT2D eigenvalue weighted by molar-refractivity contribution is 8.02. The van der Waals surface area contributed by atoms with E-state index in [0.29, 0.717) is 0 Å². The molecule has 0 aromatic rings. The molecule has 0 rings (SSSR count). The largest absolute Gasteiger partial charge is 0.381 e. The van der Waals surface area contributed by atoms with Crippen molar-refractivity contribution in [1.82, 2.24) is 0 Å². The lowest BCUT2D eigenvalue weighted by atomic mass is 10.2. The molecule has 0 aromatic carbocycles. The Morgan fingerprint density at radius 3 is 2.75 bits per heavy atom. The maximum Gasteiger partial charge on any atom is 0.0651 e. The SMILES string of the molecule is CCCCCCSC=CCOC. The number of methoxy groups -OCH3 is 1. The summed E-state index contributed by atoms with van der Waals surface area (Å²) in [4.78, 5) is 0. The van der Waals surface area contributed by atoms with Crippen LogP contribution in [-0.2, 0) is 4.74 Å². The second-order valence-corrected chi connectivity index (χ2v) is 3.77. The summed E-state index contributed by atoms with van der Waals surface area (Å²) in [6.45, 7) is 2.98. The van der Waals surface area contributed by atoms with Gasteiger partial charge >= 0.3 is 0 Å². The molecule has 0 saturated heterocycles. The first kappa shape index (κ1) is 12.0. The summed E-state index contributed by atoms with van der Waals surface area (Å²) in [5.41, 5.74) is 0. The number of ether oxygens (including phenoxy) is 1. The predicted octanol–water partition coefficient (Wildman–Crippen LogP) is 3.46. The van der Waals surface area contributed by atoms with Gasteiger partial charge in [0.2, 0.25) is 0 Å². The molecule has 1 nitrogen and oxygen atoms in total. The summed E-state index contributed by atoms with van der Waals surface area (Å²) in [6, 6.07) is 0. The van der Waals surface area contributed by atoms with Gasteiger partial charge in [-0.3, -0.25) is 0 Å². The number of rotatable bonds is 8. The van der Waals surface area contributed by atoms with E-state index in [-0.39, 0.29) is 0 Å². The van der Waals surface area contributed by atoms with Crippen molar-refractivity contribution < 1.29 is 4.74 Å². The Labute approximate surface area is 80.6 Å². The number of hydrogen-bond acceptors (Lipinski definition) is 2. The molecule has 0 bridgehead atoms. The highest BCUT2D eigenvalue weighted by Gasteiger charge is 1.85. The van der Waals surface area contributed by atoms with Crippen LogP contribution in [0.4, 0.5) is 0 Å². The van der Waals surface area contributed by atoms with Gasteiger partial charge in [0.25, 0.3) is 0 Å². The fraction of sp³-hybridized carbons (Fsp3) is 0.800. The minimum absolute atomic E-state index is 0.738. The Bertz CT molecular complexity index is 102. The lowest BCUT2D eigenvalue weighted by Gasteiger charge is -1.95. The molecule has 0 amide bonds. The van der Waals surface area contributed by atoms with Gasteiger partial charge in [0.1, 0.15) is 0 Å². The normalized spacial score (nSPS) is 11.2. The molecule has 0 spiro atoms. The average molecular weight is 188 g/mol. The fourth-order valence-electron chi connectivity index (χ4n) is 0.884. The quantitative estimate of drug-likeness (QED) is 0.539. The standard InChI is InChI=1S/C10H20OS/c1-3-4-5-6-9-12-10-7-8-11-2/h7,10H,3-6,8-9H2,1-2H3. The molecule has 0 aliphatic carbocycles. The van der Waals surface area contributed by atoms with Crippen molar-refractivity contribution in [2.75, 3.05) is 19.5 Å². The van der Waals surface area contributed by atoms with E-state index in [9.17, 15) is 0 Å². The molecule has 0 saturated carbocycles. The first-order chi connectivity index (χ1) is 5.91. The molecule has 0 unspecified atom stereocenters. The predicted molar refractivity (Wildman–Crippen MR) is 57.6 cm³/mol. The monoisotopic (exact) mass is 188 g/mol. The van der Waals surface area contributed by atoms with Crippen LogP contribution >= 0.6 is 11.8 Å². The molecular formula is C10H20OS. The Morgan fingerprint density at radius 1 is 1.25 bits per heavy atom. The zero-order chi connectivity index (χ0) is 9.07. The number of hydrogen-bond donors (Lipinski definition) is 0. The van der Waals surface area contributed by atoms with Gasteiger partial charge in [-0.2, -0.15) is 0 Å². The highest BCUT2D eigenvalue weighted by Crippen LogP contribution is 2.08. The number of thioether (sulfide) groups is 1. The van der Waals surface area contributed by atoms with Crippen LogP contribution in [0.2, 0.25) is 0 Å². The Kier molecular flexibility index (Phi) is 11.1. The molecule has 72 valence electrons. The molecule has 0 aromatic heterocycles. The molecule has 0 radical (unpaired) electrons. The fourth-order valence-corrected chi connectivity index (χ4v) is 1.61. The molecule has 0 heterocycles. The maximum atomic E-state index is 4.89. The lowest BCUT2D eigenvalue weighted by molar-refractivity contribution is 0.234. The lowest BCUT2D eigenvalue weighted by Crippen LogP contribution is -1.80. The topological polar surface area (TPSA) is 9.23 Å². The van der Waals surface area contributed by atoms with Crippen LogP contribution in [0.3, 0.4) is 0 Å². The molecule has 12 heavy (non-hydrogen) atoms. The van der Waals surface area contributed by atoms with Crippen molar-refractivity contribution in [3.05, 3.63) is 11.5 Å². The summed E-state index contributed by atoms with van der Waals surface area (Å²) < 4.78 is 4.89. The van der Waals surface area contributed by atoms with Crippen LogP contribution in [0.1, 0.15) is 32.6 Å². The second kappa shape index (κ2) is 11.1. The van der Waals surface area contributed by atoms with Gasteiger partial charge < -0.3 is 4.74 Å². The molecule has 0 aliphatic heterocycles. The minimum Gasteiger partial charge on any atom is -0.381 e. The highest BCUT2D eigenvalue weighted by atomic mass is 32.2. The van der Waals surface area contributed by atoms with Crippen molar-refractivity contribution in [3.8, 4) is 0 Å². The molecule has 0 atom stereocenters. The van der Waals surface area contributed by atoms with E-state index < -0.39 is 0 Å². The van der Waals surface area contributed by atoms with Crippen LogP contribution in [0.15, 0.2) is 11.5 Å². The molecule has 2 heteroatoms. The van der Waals surface area contributed by atoms with Crippen LogP contribution < -0.4 is 0 Å². The molecule has 0 aliphatic rings. The van der Waals surface area contributed by atoms with E-state index >= 15 is 0 Å². The number of unbranched alkanes of at least 4 members (excludes halogenated alkanes) is 3. The van der Waals surface area contributed by atoms with E-state index in [2.05, 4.69) is 18.4 Å². The zero-order valence-corrected chi connectivity index (χ0v) is 9.03. The van der Waals surface area contributed by atoms with Crippen LogP contribution in [0.5, 0.6) is 0 Å². The summed E-state index contributed by atoms with van der Waals surface area (Å²) in [7, 11) is 1.72. The van der Waals surface area contributed by atoms with Gasteiger partial charge in [0.15, 0.2) is 0 Å². The van der Waals surface area contributed by atoms with Crippen molar-refractivity contribution >= 4 is 11.8 Å². The van der Waals surface area contributed by atoms with E-state index in [1.807, 2.05) is 11.8 Å². The molecule has 0 fully saturated rings. The average Bonchev–Trinajstić information content (AvgIpc) is 2.10. The summed E-state index contributed by atoms with van der Waals surface area (Å²) in [5.74, 6) is 1.25. The van der Waals surface area contributed by atoms with E-state index in [4.69, 9.17) is 4.74 Å². The van der Waals surface area contributed by atoms with Crippen LogP contribution in [0, 0.1) is 0 Å². The van der Waals surface area contributed by atoms with Gasteiger partial charge in [-0.1, -0.05) is 32.3 Å². The van der Waals surface area contributed by atoms with Gasteiger partial charge in [-0.05, 0) is 17.6 Å². The van der Waals surface area contributed by atoms with Crippen molar-refractivity contribution in [3.63, 3.8) is 0 Å². The van der Waals surface area contributed by atoms with Gasteiger partial charge in [-0.15, -0.1) is 11.8 Å². The third kappa shape index (κ3) is 10.0. The van der Waals surface area contributed by atoms with Crippen molar-refractivity contribution in [2.45, 2.75) is 32.6 Å². The Hall–Kier alpha value is 0.0500. The Morgan fingerprint density at radius 2 is 2.08 bits per heavy atom.